The van der Waals surface area contributed by atoms with Crippen molar-refractivity contribution in [3.63, 3.8) is 0 Å². The summed E-state index contributed by atoms with van der Waals surface area (Å²) in [6.45, 7) is 2.02. The van der Waals surface area contributed by atoms with Gasteiger partial charge in [0.2, 0.25) is 5.91 Å². The monoisotopic (exact) mass is 533 g/mol. The van der Waals surface area contributed by atoms with Crippen molar-refractivity contribution < 1.29 is 27.5 Å². The Labute approximate surface area is 215 Å². The molecule has 2 atom stereocenters. The van der Waals surface area contributed by atoms with Crippen molar-refractivity contribution in [2.24, 2.45) is 0 Å². The number of benzene rings is 1. The third kappa shape index (κ3) is 6.17. The minimum Gasteiger partial charge on any atom is -0.378 e. The van der Waals surface area contributed by atoms with E-state index in [1.165, 1.54) is 30.7 Å². The maximum Gasteiger partial charge on any atom is 0.418 e. The van der Waals surface area contributed by atoms with E-state index in [1.807, 2.05) is 0 Å². The number of hydrogen-bond acceptors (Lipinski definition) is 6. The third-order valence-corrected chi connectivity index (χ3v) is 6.11. The molecular formula is C25H23ClF3N5O3. The lowest BCUT2D eigenvalue weighted by molar-refractivity contribution is -0.137. The first kappa shape index (κ1) is 26.4. The third-order valence-electron chi connectivity index (χ3n) is 5.88. The van der Waals surface area contributed by atoms with Crippen LogP contribution in [0.3, 0.4) is 0 Å². The number of carbonyl (C=O) groups is 2. The van der Waals surface area contributed by atoms with E-state index in [2.05, 4.69) is 25.9 Å². The predicted molar refractivity (Wildman–Crippen MR) is 130 cm³/mol. The van der Waals surface area contributed by atoms with Crippen LogP contribution in [-0.4, -0.2) is 40.5 Å². The van der Waals surface area contributed by atoms with Gasteiger partial charge in [0.25, 0.3) is 5.91 Å². The van der Waals surface area contributed by atoms with Crippen molar-refractivity contribution in [3.8, 4) is 0 Å². The average molecular weight is 534 g/mol. The average Bonchev–Trinajstić information content (AvgIpc) is 3.35. The molecular weight excluding hydrogens is 511 g/mol. The first-order valence-corrected chi connectivity index (χ1v) is 11.7. The second-order valence-electron chi connectivity index (χ2n) is 8.56. The molecule has 1 aliphatic heterocycles. The number of halogens is 4. The second-order valence-corrected chi connectivity index (χ2v) is 9.00. The lowest BCUT2D eigenvalue weighted by Gasteiger charge is -2.29. The van der Waals surface area contributed by atoms with Gasteiger partial charge in [0, 0.05) is 30.4 Å². The smallest absolute Gasteiger partial charge is 0.378 e. The Balaban J connectivity index is 1.44. The fourth-order valence-corrected chi connectivity index (χ4v) is 4.02. The Kier molecular flexibility index (Phi) is 7.65. The maximum absolute atomic E-state index is 13.4. The van der Waals surface area contributed by atoms with Crippen molar-refractivity contribution in [1.82, 2.24) is 20.6 Å². The highest BCUT2D eigenvalue weighted by atomic mass is 35.5. The number of anilines is 2. The molecule has 8 nitrogen and oxygen atoms in total. The molecule has 0 aliphatic carbocycles. The van der Waals surface area contributed by atoms with Crippen LogP contribution in [0.5, 0.6) is 0 Å². The number of aromatic nitrogens is 2. The number of rotatable bonds is 7. The molecule has 1 saturated heterocycles. The highest BCUT2D eigenvalue weighted by Gasteiger charge is 2.44. The zero-order chi connectivity index (χ0) is 26.6. The highest BCUT2D eigenvalue weighted by Crippen LogP contribution is 2.37. The first-order valence-electron chi connectivity index (χ1n) is 11.3. The Hall–Kier alpha value is -3.70. The van der Waals surface area contributed by atoms with Crippen LogP contribution in [-0.2, 0) is 15.7 Å². The lowest BCUT2D eigenvalue weighted by Crippen LogP contribution is -2.59. The quantitative estimate of drug-likeness (QED) is 0.408. The van der Waals surface area contributed by atoms with Gasteiger partial charge in [-0.15, -0.1) is 0 Å². The van der Waals surface area contributed by atoms with Gasteiger partial charge in [-0.3, -0.25) is 19.6 Å². The van der Waals surface area contributed by atoms with Gasteiger partial charge >= 0.3 is 6.18 Å². The zero-order valence-electron chi connectivity index (χ0n) is 19.6. The van der Waals surface area contributed by atoms with Crippen molar-refractivity contribution in [1.29, 1.82) is 0 Å². The van der Waals surface area contributed by atoms with Crippen LogP contribution in [0.15, 0.2) is 61.1 Å². The summed E-state index contributed by atoms with van der Waals surface area (Å²) in [4.78, 5) is 34.1. The molecule has 1 aromatic carbocycles. The van der Waals surface area contributed by atoms with Crippen molar-refractivity contribution >= 4 is 34.8 Å². The number of pyridine rings is 2. The molecule has 2 amide bonds. The highest BCUT2D eigenvalue weighted by molar-refractivity contribution is 6.30. The fraction of sp³-hybridized carbons (Fsp3) is 0.280. The minimum atomic E-state index is -4.59. The van der Waals surface area contributed by atoms with E-state index in [1.54, 1.807) is 31.2 Å². The molecule has 37 heavy (non-hydrogen) atoms. The van der Waals surface area contributed by atoms with E-state index in [9.17, 15) is 22.8 Å². The molecule has 0 saturated carbocycles. The van der Waals surface area contributed by atoms with Gasteiger partial charge in [0.05, 0.1) is 47.0 Å². The Bertz CT molecular complexity index is 1270. The maximum atomic E-state index is 13.4. The molecule has 1 unspecified atom stereocenters. The van der Waals surface area contributed by atoms with E-state index >= 15 is 0 Å². The summed E-state index contributed by atoms with van der Waals surface area (Å²) in [6, 6.07) is 9.23. The number of nitrogens with one attached hydrogen (secondary N) is 3. The van der Waals surface area contributed by atoms with Crippen LogP contribution in [0.1, 0.15) is 41.0 Å². The molecule has 12 heteroatoms. The predicted octanol–water partition coefficient (Wildman–Crippen LogP) is 4.66. The summed E-state index contributed by atoms with van der Waals surface area (Å²) in [6.07, 6.45) is 0.00625. The van der Waals surface area contributed by atoms with Gasteiger partial charge in [-0.25, -0.2) is 0 Å². The molecule has 4 rings (SSSR count). The summed E-state index contributed by atoms with van der Waals surface area (Å²) >= 11 is 5.73. The van der Waals surface area contributed by atoms with Gasteiger partial charge in [0.15, 0.2) is 0 Å². The van der Waals surface area contributed by atoms with Gasteiger partial charge in [-0.2, -0.15) is 13.2 Å². The number of carbonyl (C=O) groups excluding carboxylic acids is 2. The van der Waals surface area contributed by atoms with Gasteiger partial charge < -0.3 is 20.7 Å². The molecule has 2 aromatic heterocycles. The molecule has 0 spiro atoms. The summed E-state index contributed by atoms with van der Waals surface area (Å²) in [5, 5.41) is 8.29. The molecule has 3 heterocycles. The molecule has 1 aliphatic rings. The van der Waals surface area contributed by atoms with Crippen LogP contribution in [0.25, 0.3) is 0 Å². The number of nitrogens with zero attached hydrogens (tertiary/aromatic N) is 2. The van der Waals surface area contributed by atoms with Crippen molar-refractivity contribution in [2.45, 2.75) is 31.1 Å². The van der Waals surface area contributed by atoms with Crippen LogP contribution < -0.4 is 16.0 Å². The summed E-state index contributed by atoms with van der Waals surface area (Å²) in [5.74, 6) is -0.884. The van der Waals surface area contributed by atoms with Crippen LogP contribution in [0.4, 0.5) is 24.5 Å². The molecule has 1 fully saturated rings. The Morgan fingerprint density at radius 3 is 2.59 bits per heavy atom. The molecule has 194 valence electrons. The summed E-state index contributed by atoms with van der Waals surface area (Å²) in [7, 11) is 0. The largest absolute Gasteiger partial charge is 0.418 e. The molecule has 0 radical (unpaired) electrons. The van der Waals surface area contributed by atoms with Gasteiger partial charge in [-0.05, 0) is 49.4 Å². The van der Waals surface area contributed by atoms with Crippen molar-refractivity contribution in [3.05, 3.63) is 82.9 Å². The molecule has 0 bridgehead atoms. The van der Waals surface area contributed by atoms with E-state index in [-0.39, 0.29) is 23.7 Å². The van der Waals surface area contributed by atoms with E-state index < -0.39 is 35.1 Å². The molecule has 3 N–H and O–H groups in total. The number of alkyl halides is 3. The zero-order valence-corrected chi connectivity index (χ0v) is 20.4. The Morgan fingerprint density at radius 1 is 1.16 bits per heavy atom. The normalized spacial score (nSPS) is 18.2. The molecule has 3 aromatic rings. The summed E-state index contributed by atoms with van der Waals surface area (Å²) < 4.78 is 45.5. The standard InChI is InChI=1S/C25H23ClF3N5O3/c1-15(32-23(36)24(8-10-37-14-24)34-22(35)16-3-2-9-30-12-16)20-7-5-18(13-31-20)33-21-6-4-17(26)11-19(21)25(27,28)29/h2-7,9,11-13,15,33H,8,10,14H2,1H3,(H,32,36)(H,34,35)/t15?,24-/m0/s1. The van der Waals surface area contributed by atoms with E-state index in [0.29, 0.717) is 23.6 Å². The SMILES string of the molecule is CC(NC(=O)[C@]1(NC(=O)c2cccnc2)CCOC1)c1ccc(Nc2ccc(Cl)cc2C(F)(F)F)cn1. The van der Waals surface area contributed by atoms with Gasteiger partial charge in [0.1, 0.15) is 5.54 Å². The van der Waals surface area contributed by atoms with Crippen LogP contribution in [0.2, 0.25) is 5.02 Å². The fourth-order valence-electron chi connectivity index (χ4n) is 3.85. The second kappa shape index (κ2) is 10.7. The number of hydrogen-bond donors (Lipinski definition) is 3. The Morgan fingerprint density at radius 2 is 1.97 bits per heavy atom. The van der Waals surface area contributed by atoms with Gasteiger partial charge in [-0.1, -0.05) is 11.6 Å². The number of ether oxygens (including phenoxy) is 1. The van der Waals surface area contributed by atoms with E-state index in [4.69, 9.17) is 16.3 Å². The minimum absolute atomic E-state index is 0.0104. The van der Waals surface area contributed by atoms with Crippen molar-refractivity contribution in [2.75, 3.05) is 18.5 Å². The van der Waals surface area contributed by atoms with Crippen LogP contribution in [0, 0.1) is 0 Å². The number of amides is 2. The lowest BCUT2D eigenvalue weighted by atomic mass is 9.96. The first-order chi connectivity index (χ1) is 17.6. The van der Waals surface area contributed by atoms with E-state index in [0.717, 1.165) is 6.07 Å². The summed E-state index contributed by atoms with van der Waals surface area (Å²) in [5.41, 5.74) is -1.22. The van der Waals surface area contributed by atoms with Crippen LogP contribution >= 0.6 is 11.6 Å². The topological polar surface area (TPSA) is 105 Å².